The Labute approximate surface area is 152 Å². The van der Waals surface area contributed by atoms with Crippen LogP contribution in [0.3, 0.4) is 0 Å². The topological polar surface area (TPSA) is 64.0 Å². The molecule has 0 bridgehead atoms. The van der Waals surface area contributed by atoms with Crippen LogP contribution in [0.2, 0.25) is 0 Å². The third-order valence-electron chi connectivity index (χ3n) is 3.71. The Morgan fingerprint density at radius 2 is 1.70 bits per heavy atom. The van der Waals surface area contributed by atoms with Crippen molar-refractivity contribution in [3.8, 4) is 11.3 Å². The number of hydrogen-bond donors (Lipinski definition) is 1. The molecule has 1 aromatic heterocycles. The van der Waals surface area contributed by atoms with Gasteiger partial charge in [-0.15, -0.1) is 5.10 Å². The van der Waals surface area contributed by atoms with E-state index in [4.69, 9.17) is 0 Å². The van der Waals surface area contributed by atoms with E-state index in [0.717, 1.165) is 6.07 Å². The van der Waals surface area contributed by atoms with Gasteiger partial charge in [0.25, 0.3) is 10.0 Å². The number of nitrogens with zero attached hydrogens (tertiary/aromatic N) is 2. The molecule has 0 fully saturated rings. The van der Waals surface area contributed by atoms with Gasteiger partial charge in [-0.3, -0.25) is 0 Å². The Balaban J connectivity index is 2.11. The second-order valence-corrected chi connectivity index (χ2v) is 7.36. The number of alkyl halides is 3. The highest BCUT2D eigenvalue weighted by Crippen LogP contribution is 2.32. The Kier molecular flexibility index (Phi) is 4.68. The molecule has 3 aromatic rings. The zero-order valence-corrected chi connectivity index (χ0v) is 14.6. The number of aromatic nitrogens is 2. The highest BCUT2D eigenvalue weighted by molar-refractivity contribution is 7.92. The van der Waals surface area contributed by atoms with Crippen molar-refractivity contribution in [2.24, 2.45) is 0 Å². The molecule has 1 N–H and O–H groups in total. The average Bonchev–Trinajstić information content (AvgIpc) is 3.01. The van der Waals surface area contributed by atoms with E-state index in [1.165, 1.54) is 43.3 Å². The molecule has 5 nitrogen and oxygen atoms in total. The maximum absolute atomic E-state index is 13.5. The van der Waals surface area contributed by atoms with Crippen LogP contribution in [0.5, 0.6) is 0 Å². The molecule has 0 amide bonds. The summed E-state index contributed by atoms with van der Waals surface area (Å²) >= 11 is 0. The van der Waals surface area contributed by atoms with Gasteiger partial charge in [-0.05, 0) is 48.9 Å². The smallest absolute Gasteiger partial charge is 0.207 e. The molecule has 0 saturated carbocycles. The first kappa shape index (κ1) is 18.9. The van der Waals surface area contributed by atoms with Crippen molar-refractivity contribution in [1.82, 2.24) is 9.89 Å². The monoisotopic (exact) mass is 399 g/mol. The number of halogens is 4. The van der Waals surface area contributed by atoms with E-state index < -0.39 is 27.7 Å². The van der Waals surface area contributed by atoms with E-state index in [2.05, 4.69) is 5.10 Å². The first-order valence-electron chi connectivity index (χ1n) is 7.59. The van der Waals surface area contributed by atoms with E-state index >= 15 is 0 Å². The van der Waals surface area contributed by atoms with Gasteiger partial charge in [-0.25, -0.2) is 4.39 Å². The van der Waals surface area contributed by atoms with Crippen LogP contribution in [-0.4, -0.2) is 18.3 Å². The second-order valence-electron chi connectivity index (χ2n) is 5.70. The number of aryl methyl sites for hydroxylation is 1. The number of sulfonamides is 1. The van der Waals surface area contributed by atoms with Crippen molar-refractivity contribution in [3.63, 3.8) is 0 Å². The van der Waals surface area contributed by atoms with E-state index in [-0.39, 0.29) is 21.7 Å². The van der Waals surface area contributed by atoms with Gasteiger partial charge >= 0.3 is 6.18 Å². The summed E-state index contributed by atoms with van der Waals surface area (Å²) in [6, 6.07) is 11.5. The first-order chi connectivity index (χ1) is 12.6. The van der Waals surface area contributed by atoms with E-state index in [1.54, 1.807) is 6.07 Å². The molecule has 0 aliphatic heterocycles. The molecule has 142 valence electrons. The van der Waals surface area contributed by atoms with Crippen molar-refractivity contribution in [2.75, 3.05) is 4.83 Å². The predicted octanol–water partition coefficient (Wildman–Crippen LogP) is 3.95. The van der Waals surface area contributed by atoms with Crippen LogP contribution in [0.15, 0.2) is 59.5 Å². The van der Waals surface area contributed by atoms with Gasteiger partial charge in [0, 0.05) is 5.56 Å². The third-order valence-corrected chi connectivity index (χ3v) is 5.02. The number of rotatable bonds is 4. The van der Waals surface area contributed by atoms with Crippen LogP contribution < -0.4 is 4.83 Å². The van der Waals surface area contributed by atoms with Crippen molar-refractivity contribution in [3.05, 3.63) is 71.7 Å². The van der Waals surface area contributed by atoms with E-state index in [1.807, 2.05) is 4.83 Å². The van der Waals surface area contributed by atoms with Crippen LogP contribution in [0.25, 0.3) is 11.3 Å². The van der Waals surface area contributed by atoms with Crippen molar-refractivity contribution in [2.45, 2.75) is 18.0 Å². The van der Waals surface area contributed by atoms with Crippen molar-refractivity contribution < 1.29 is 26.0 Å². The maximum Gasteiger partial charge on any atom is 0.435 e. The van der Waals surface area contributed by atoms with Gasteiger partial charge in [0.05, 0.1) is 10.6 Å². The molecule has 3 rings (SSSR count). The lowest BCUT2D eigenvalue weighted by atomic mass is 10.1. The van der Waals surface area contributed by atoms with Crippen LogP contribution in [-0.2, 0) is 16.2 Å². The van der Waals surface area contributed by atoms with Gasteiger partial charge < -0.3 is 0 Å². The molecule has 0 saturated heterocycles. The Morgan fingerprint density at radius 3 is 2.30 bits per heavy atom. The molecule has 2 aromatic carbocycles. The second kappa shape index (κ2) is 6.69. The maximum atomic E-state index is 13.5. The van der Waals surface area contributed by atoms with Crippen LogP contribution in [0.1, 0.15) is 11.3 Å². The number of benzene rings is 2. The standard InChI is InChI=1S/C17H13F4N3O2S/c1-11-9-12(7-8-14(11)18)15-10-16(17(19,20)21)22-24(15)23-27(25,26)13-5-3-2-4-6-13/h2-10,23H,1H3. The zero-order valence-electron chi connectivity index (χ0n) is 13.8. The fraction of sp³-hybridized carbons (Fsp3) is 0.118. The summed E-state index contributed by atoms with van der Waals surface area (Å²) in [6.45, 7) is 1.44. The molecular weight excluding hydrogens is 386 g/mol. The zero-order chi connectivity index (χ0) is 19.8. The lowest BCUT2D eigenvalue weighted by Gasteiger charge is -2.11. The summed E-state index contributed by atoms with van der Waals surface area (Å²) < 4.78 is 77.6. The first-order valence-corrected chi connectivity index (χ1v) is 9.08. The van der Waals surface area contributed by atoms with Crippen LogP contribution in [0, 0.1) is 12.7 Å². The molecule has 0 atom stereocenters. The largest absolute Gasteiger partial charge is 0.435 e. The average molecular weight is 399 g/mol. The Morgan fingerprint density at radius 1 is 1.04 bits per heavy atom. The third kappa shape index (κ3) is 3.95. The van der Waals surface area contributed by atoms with Gasteiger partial charge in [-0.1, -0.05) is 18.2 Å². The molecular formula is C17H13F4N3O2S. The SMILES string of the molecule is Cc1cc(-c2cc(C(F)(F)F)nn2NS(=O)(=O)c2ccccc2)ccc1F. The summed E-state index contributed by atoms with van der Waals surface area (Å²) in [6.07, 6.45) is -4.78. The van der Waals surface area contributed by atoms with Gasteiger partial charge in [0.2, 0.25) is 0 Å². The Hall–Kier alpha value is -2.88. The van der Waals surface area contributed by atoms with Gasteiger partial charge in [0.15, 0.2) is 5.69 Å². The normalized spacial score (nSPS) is 12.2. The molecule has 0 unspecified atom stereocenters. The summed E-state index contributed by atoms with van der Waals surface area (Å²) in [5.41, 5.74) is -1.09. The molecule has 27 heavy (non-hydrogen) atoms. The van der Waals surface area contributed by atoms with E-state index in [9.17, 15) is 26.0 Å². The molecule has 0 radical (unpaired) electrons. The highest BCUT2D eigenvalue weighted by atomic mass is 32.2. The van der Waals surface area contributed by atoms with Crippen LogP contribution >= 0.6 is 0 Å². The summed E-state index contributed by atoms with van der Waals surface area (Å²) in [4.78, 5) is 2.39. The van der Waals surface area contributed by atoms with Crippen molar-refractivity contribution in [1.29, 1.82) is 0 Å². The fourth-order valence-corrected chi connectivity index (χ4v) is 3.35. The van der Waals surface area contributed by atoms with Gasteiger partial charge in [-0.2, -0.15) is 31.2 Å². The lowest BCUT2D eigenvalue weighted by molar-refractivity contribution is -0.141. The fourth-order valence-electron chi connectivity index (χ4n) is 2.37. The lowest BCUT2D eigenvalue weighted by Crippen LogP contribution is -2.25. The highest BCUT2D eigenvalue weighted by Gasteiger charge is 2.35. The predicted molar refractivity (Wildman–Crippen MR) is 90.3 cm³/mol. The molecule has 0 spiro atoms. The molecule has 10 heteroatoms. The minimum absolute atomic E-state index is 0.143. The summed E-state index contributed by atoms with van der Waals surface area (Å²) in [7, 11) is -4.19. The molecule has 0 aliphatic carbocycles. The number of hydrogen-bond acceptors (Lipinski definition) is 3. The van der Waals surface area contributed by atoms with Crippen LogP contribution in [0.4, 0.5) is 17.6 Å². The number of nitrogens with one attached hydrogen (secondary N) is 1. The minimum Gasteiger partial charge on any atom is -0.207 e. The van der Waals surface area contributed by atoms with Gasteiger partial charge in [0.1, 0.15) is 5.82 Å². The quantitative estimate of drug-likeness (QED) is 0.676. The minimum atomic E-state index is -4.78. The molecule has 1 heterocycles. The Bertz CT molecular complexity index is 1080. The summed E-state index contributed by atoms with van der Waals surface area (Å²) in [5.74, 6) is -0.536. The van der Waals surface area contributed by atoms with Crippen molar-refractivity contribution >= 4 is 10.0 Å². The molecule has 0 aliphatic rings. The summed E-state index contributed by atoms with van der Waals surface area (Å²) in [5, 5.41) is 3.33. The van der Waals surface area contributed by atoms with E-state index in [0.29, 0.717) is 10.9 Å².